The van der Waals surface area contributed by atoms with Gasteiger partial charge in [0.25, 0.3) is 0 Å². The molecule has 0 aliphatic heterocycles. The second kappa shape index (κ2) is 10.4. The van der Waals surface area contributed by atoms with Crippen LogP contribution in [0.15, 0.2) is 42.5 Å². The van der Waals surface area contributed by atoms with Crippen LogP contribution >= 0.6 is 0 Å². The summed E-state index contributed by atoms with van der Waals surface area (Å²) in [5.74, 6) is -5.04. The third kappa shape index (κ3) is 4.25. The molecule has 0 fully saturated rings. The van der Waals surface area contributed by atoms with E-state index in [9.17, 15) is 39.6 Å². The average molecular weight is 541 g/mol. The van der Waals surface area contributed by atoms with E-state index < -0.39 is 23.9 Å². The zero-order valence-electron chi connectivity index (χ0n) is 21.9. The molecule has 0 amide bonds. The fourth-order valence-corrected chi connectivity index (χ4v) is 6.08. The summed E-state index contributed by atoms with van der Waals surface area (Å²) in [6, 6.07) is 10.4. The predicted molar refractivity (Wildman–Crippen MR) is 153 cm³/mol. The van der Waals surface area contributed by atoms with Gasteiger partial charge in [0.1, 0.15) is 0 Å². The van der Waals surface area contributed by atoms with Crippen molar-refractivity contribution in [2.45, 2.75) is 51.9 Å². The topological polar surface area (TPSA) is 149 Å². The monoisotopic (exact) mass is 540 g/mol. The quantitative estimate of drug-likeness (QED) is 0.0767. The SMILES string of the molecule is CCCCCCCCc1cc(C(=O)O)c2c(C(=O)O)ccc3c4ccc(C(=O)O)c5c(C(=O)O)ccc(c1c23)c54. The summed E-state index contributed by atoms with van der Waals surface area (Å²) >= 11 is 0. The highest BCUT2D eigenvalue weighted by Crippen LogP contribution is 2.45. The highest BCUT2D eigenvalue weighted by atomic mass is 16.4. The van der Waals surface area contributed by atoms with Crippen molar-refractivity contribution in [3.63, 3.8) is 0 Å². The molecule has 4 N–H and O–H groups in total. The Hall–Kier alpha value is -4.72. The Morgan fingerprint density at radius 1 is 0.500 bits per heavy atom. The first-order chi connectivity index (χ1) is 19.2. The van der Waals surface area contributed by atoms with E-state index in [1.54, 1.807) is 18.2 Å². The third-order valence-electron chi connectivity index (χ3n) is 7.81. The number of fused-ring (bicyclic) bond motifs is 2. The fraction of sp³-hybridized carbons (Fsp3) is 0.250. The third-order valence-corrected chi connectivity index (χ3v) is 7.81. The van der Waals surface area contributed by atoms with E-state index >= 15 is 0 Å². The van der Waals surface area contributed by atoms with Crippen molar-refractivity contribution in [2.24, 2.45) is 0 Å². The van der Waals surface area contributed by atoms with Crippen molar-refractivity contribution in [3.05, 3.63) is 70.3 Å². The fourth-order valence-electron chi connectivity index (χ4n) is 6.08. The lowest BCUT2D eigenvalue weighted by Crippen LogP contribution is -2.08. The first-order valence-corrected chi connectivity index (χ1v) is 13.3. The van der Waals surface area contributed by atoms with Crippen LogP contribution in [0.2, 0.25) is 0 Å². The van der Waals surface area contributed by atoms with Gasteiger partial charge < -0.3 is 20.4 Å². The predicted octanol–water partition coefficient (Wildman–Crippen LogP) is 7.43. The van der Waals surface area contributed by atoms with E-state index in [0.717, 1.165) is 38.5 Å². The summed E-state index contributed by atoms with van der Waals surface area (Å²) in [7, 11) is 0. The molecule has 5 rings (SSSR count). The van der Waals surface area contributed by atoms with Gasteiger partial charge in [0, 0.05) is 10.8 Å². The summed E-state index contributed by atoms with van der Waals surface area (Å²) in [6.07, 6.45) is 6.66. The van der Waals surface area contributed by atoms with Gasteiger partial charge in [0.15, 0.2) is 0 Å². The maximum atomic E-state index is 12.5. The number of unbranched alkanes of at least 4 members (excludes halogenated alkanes) is 5. The van der Waals surface area contributed by atoms with E-state index in [-0.39, 0.29) is 33.0 Å². The van der Waals surface area contributed by atoms with Crippen molar-refractivity contribution in [1.82, 2.24) is 0 Å². The molecule has 5 aromatic carbocycles. The number of hydrogen-bond acceptors (Lipinski definition) is 4. The van der Waals surface area contributed by atoms with Crippen LogP contribution in [0.3, 0.4) is 0 Å². The number of hydrogen-bond donors (Lipinski definition) is 4. The number of carboxylic acid groups (broad SMARTS) is 4. The molecular weight excluding hydrogens is 512 g/mol. The largest absolute Gasteiger partial charge is 0.478 e. The van der Waals surface area contributed by atoms with E-state index in [0.29, 0.717) is 44.3 Å². The summed E-state index contributed by atoms with van der Waals surface area (Å²) in [5, 5.41) is 43.4. The second-order valence-corrected chi connectivity index (χ2v) is 10.2. The Morgan fingerprint density at radius 3 is 1.48 bits per heavy atom. The highest BCUT2D eigenvalue weighted by molar-refractivity contribution is 6.38. The van der Waals surface area contributed by atoms with Gasteiger partial charge in [-0.2, -0.15) is 0 Å². The number of carboxylic acids is 4. The lowest BCUT2D eigenvalue weighted by molar-refractivity contribution is 0.0681. The molecule has 204 valence electrons. The summed E-state index contributed by atoms with van der Waals surface area (Å²) in [4.78, 5) is 49.1. The molecular formula is C32H28O8. The van der Waals surface area contributed by atoms with E-state index in [2.05, 4.69) is 6.92 Å². The van der Waals surface area contributed by atoms with Crippen LogP contribution in [0.5, 0.6) is 0 Å². The molecule has 0 unspecified atom stereocenters. The zero-order chi connectivity index (χ0) is 28.7. The summed E-state index contributed by atoms with van der Waals surface area (Å²) in [6.45, 7) is 2.14. The minimum Gasteiger partial charge on any atom is -0.478 e. The molecule has 0 spiro atoms. The Labute approximate surface area is 228 Å². The molecule has 0 aliphatic carbocycles. The van der Waals surface area contributed by atoms with Gasteiger partial charge in [0.2, 0.25) is 0 Å². The molecule has 0 radical (unpaired) electrons. The zero-order valence-corrected chi connectivity index (χ0v) is 21.9. The van der Waals surface area contributed by atoms with Crippen molar-refractivity contribution >= 4 is 67.0 Å². The van der Waals surface area contributed by atoms with Crippen LogP contribution in [0.25, 0.3) is 43.1 Å². The van der Waals surface area contributed by atoms with Crippen LogP contribution in [0, 0.1) is 0 Å². The number of benzene rings is 5. The Morgan fingerprint density at radius 2 is 0.950 bits per heavy atom. The van der Waals surface area contributed by atoms with Crippen LogP contribution < -0.4 is 0 Å². The molecule has 0 saturated carbocycles. The molecule has 0 bridgehead atoms. The van der Waals surface area contributed by atoms with Crippen molar-refractivity contribution in [1.29, 1.82) is 0 Å². The summed E-state index contributed by atoms with van der Waals surface area (Å²) in [5.41, 5.74) is 0.148. The van der Waals surface area contributed by atoms with Crippen molar-refractivity contribution < 1.29 is 39.6 Å². The highest BCUT2D eigenvalue weighted by Gasteiger charge is 2.27. The lowest BCUT2D eigenvalue weighted by Gasteiger charge is -2.21. The molecule has 0 aliphatic rings. The van der Waals surface area contributed by atoms with E-state index in [1.807, 2.05) is 0 Å². The van der Waals surface area contributed by atoms with Gasteiger partial charge >= 0.3 is 23.9 Å². The molecule has 0 atom stereocenters. The van der Waals surface area contributed by atoms with Gasteiger partial charge in [-0.25, -0.2) is 19.2 Å². The minimum absolute atomic E-state index is 0.0870. The minimum atomic E-state index is -1.27. The summed E-state index contributed by atoms with van der Waals surface area (Å²) < 4.78 is 0. The Balaban J connectivity index is 1.96. The first-order valence-electron chi connectivity index (χ1n) is 13.3. The number of aromatic carboxylic acids is 4. The van der Waals surface area contributed by atoms with Gasteiger partial charge in [-0.15, -0.1) is 0 Å². The van der Waals surface area contributed by atoms with Gasteiger partial charge in [-0.3, -0.25) is 0 Å². The number of aryl methyl sites for hydroxylation is 1. The number of rotatable bonds is 11. The molecule has 0 heterocycles. The molecule has 8 heteroatoms. The molecule has 8 nitrogen and oxygen atoms in total. The van der Waals surface area contributed by atoms with Gasteiger partial charge in [-0.05, 0) is 75.0 Å². The second-order valence-electron chi connectivity index (χ2n) is 10.2. The lowest BCUT2D eigenvalue weighted by atomic mass is 9.82. The van der Waals surface area contributed by atoms with E-state index in [1.165, 1.54) is 24.3 Å². The normalized spacial score (nSPS) is 11.6. The molecule has 40 heavy (non-hydrogen) atoms. The standard InChI is InChI=1S/C32H28O8/c1-2-3-4-5-6-7-8-16-15-23(32(39)40)27-22(31(37)38)13-10-18-17-9-12-20(29(33)34)26-21(30(35)36)14-11-19(25(17)26)24(16)28(18)27/h9-15H,2-8H2,1H3,(H,33,34)(H,35,36)(H,37,38)(H,39,40). The van der Waals surface area contributed by atoms with Crippen molar-refractivity contribution in [3.8, 4) is 0 Å². The first kappa shape index (κ1) is 26.9. The molecule has 0 aromatic heterocycles. The smallest absolute Gasteiger partial charge is 0.336 e. The Kier molecular flexibility index (Phi) is 7.02. The van der Waals surface area contributed by atoms with Gasteiger partial charge in [0.05, 0.1) is 22.3 Å². The van der Waals surface area contributed by atoms with E-state index in [4.69, 9.17) is 0 Å². The number of carbonyl (C=O) groups is 4. The maximum absolute atomic E-state index is 12.5. The van der Waals surface area contributed by atoms with Crippen LogP contribution in [0.1, 0.15) is 92.4 Å². The van der Waals surface area contributed by atoms with Gasteiger partial charge in [-0.1, -0.05) is 57.2 Å². The van der Waals surface area contributed by atoms with Crippen LogP contribution in [-0.4, -0.2) is 44.3 Å². The molecule has 5 aromatic rings. The Bertz CT molecular complexity index is 1830. The molecule has 0 saturated heterocycles. The maximum Gasteiger partial charge on any atom is 0.336 e. The average Bonchev–Trinajstić information content (AvgIpc) is 2.92. The van der Waals surface area contributed by atoms with Crippen LogP contribution in [-0.2, 0) is 6.42 Å². The van der Waals surface area contributed by atoms with Crippen molar-refractivity contribution in [2.75, 3.05) is 0 Å². The van der Waals surface area contributed by atoms with Crippen LogP contribution in [0.4, 0.5) is 0 Å².